The lowest BCUT2D eigenvalue weighted by Gasteiger charge is -2.07. The van der Waals surface area contributed by atoms with Gasteiger partial charge in [-0.1, -0.05) is 51.3 Å². The summed E-state index contributed by atoms with van der Waals surface area (Å²) in [6.07, 6.45) is 0.106. The van der Waals surface area contributed by atoms with Crippen LogP contribution in [-0.4, -0.2) is 5.78 Å². The number of carbonyl (C=O) groups excluding carboxylic acids is 1. The third kappa shape index (κ3) is 3.81. The summed E-state index contributed by atoms with van der Waals surface area (Å²) in [5, 5.41) is 0.771. The fourth-order valence-corrected chi connectivity index (χ4v) is 2.81. The van der Waals surface area contributed by atoms with Crippen molar-refractivity contribution in [3.63, 3.8) is 0 Å². The van der Waals surface area contributed by atoms with Crippen LogP contribution in [0.2, 0.25) is 10.0 Å². The van der Waals surface area contributed by atoms with Gasteiger partial charge in [-0.2, -0.15) is 0 Å². The van der Waals surface area contributed by atoms with E-state index in [1.165, 1.54) is 12.1 Å². The minimum absolute atomic E-state index is 0.0438. The molecule has 0 amide bonds. The summed E-state index contributed by atoms with van der Waals surface area (Å²) in [5.41, 5.74) is 0.944. The molecule has 0 aliphatic carbocycles. The molecule has 0 heterocycles. The first kappa shape index (κ1) is 15.5. The van der Waals surface area contributed by atoms with E-state index in [-0.39, 0.29) is 29.2 Å². The standard InChI is InChI=1S/C15H10BrCl2FO/c16-10-5-4-9(14(18)7-10)6-11(20)8-12-13(17)2-1-3-15(12)19/h1-5,7H,6,8H2. The number of carbonyl (C=O) groups is 1. The normalized spacial score (nSPS) is 10.6. The monoisotopic (exact) mass is 374 g/mol. The molecule has 104 valence electrons. The van der Waals surface area contributed by atoms with E-state index in [0.29, 0.717) is 10.6 Å². The zero-order chi connectivity index (χ0) is 14.7. The molecular formula is C15H10BrCl2FO. The Morgan fingerprint density at radius 2 is 1.85 bits per heavy atom. The van der Waals surface area contributed by atoms with Crippen molar-refractivity contribution >= 4 is 44.9 Å². The molecule has 0 atom stereocenters. The van der Waals surface area contributed by atoms with Crippen LogP contribution in [0.15, 0.2) is 40.9 Å². The van der Waals surface area contributed by atoms with Gasteiger partial charge in [-0.05, 0) is 29.8 Å². The van der Waals surface area contributed by atoms with E-state index in [2.05, 4.69) is 15.9 Å². The van der Waals surface area contributed by atoms with Crippen molar-refractivity contribution in [1.82, 2.24) is 0 Å². The molecule has 0 spiro atoms. The van der Waals surface area contributed by atoms with Crippen LogP contribution in [0.1, 0.15) is 11.1 Å². The van der Waals surface area contributed by atoms with E-state index >= 15 is 0 Å². The molecule has 0 saturated heterocycles. The van der Waals surface area contributed by atoms with Crippen LogP contribution in [-0.2, 0) is 17.6 Å². The Labute approximate surface area is 134 Å². The lowest BCUT2D eigenvalue weighted by Crippen LogP contribution is -2.09. The summed E-state index contributed by atoms with van der Waals surface area (Å²) in [6.45, 7) is 0. The van der Waals surface area contributed by atoms with Gasteiger partial charge >= 0.3 is 0 Å². The van der Waals surface area contributed by atoms with Crippen LogP contribution in [0, 0.1) is 5.82 Å². The molecule has 1 nitrogen and oxygen atoms in total. The first-order valence-electron chi connectivity index (χ1n) is 5.86. The topological polar surface area (TPSA) is 17.1 Å². The molecule has 5 heteroatoms. The number of benzene rings is 2. The predicted octanol–water partition coefficient (Wildman–Crippen LogP) is 5.25. The van der Waals surface area contributed by atoms with Crippen LogP contribution in [0.5, 0.6) is 0 Å². The van der Waals surface area contributed by atoms with Crippen molar-refractivity contribution < 1.29 is 9.18 Å². The van der Waals surface area contributed by atoms with Gasteiger partial charge in [0.1, 0.15) is 11.6 Å². The maximum absolute atomic E-state index is 13.6. The zero-order valence-electron chi connectivity index (χ0n) is 10.3. The highest BCUT2D eigenvalue weighted by molar-refractivity contribution is 9.10. The van der Waals surface area contributed by atoms with Gasteiger partial charge in [0.2, 0.25) is 0 Å². The van der Waals surface area contributed by atoms with Crippen LogP contribution < -0.4 is 0 Å². The molecule has 2 aromatic carbocycles. The fourth-order valence-electron chi connectivity index (χ4n) is 1.84. The first-order valence-corrected chi connectivity index (χ1v) is 7.41. The van der Waals surface area contributed by atoms with E-state index in [1.807, 2.05) is 6.07 Å². The molecule has 0 saturated carbocycles. The van der Waals surface area contributed by atoms with Crippen LogP contribution in [0.25, 0.3) is 0 Å². The Hall–Kier alpha value is -0.900. The van der Waals surface area contributed by atoms with E-state index in [9.17, 15) is 9.18 Å². The number of ketones is 1. The summed E-state index contributed by atoms with van der Waals surface area (Å²) in [5.74, 6) is -0.603. The maximum atomic E-state index is 13.6. The van der Waals surface area contributed by atoms with Crippen molar-refractivity contribution in [3.8, 4) is 0 Å². The molecule has 0 radical (unpaired) electrons. The molecule has 0 unspecified atom stereocenters. The van der Waals surface area contributed by atoms with Crippen LogP contribution >= 0.6 is 39.1 Å². The van der Waals surface area contributed by atoms with Gasteiger partial charge < -0.3 is 0 Å². The molecule has 0 bridgehead atoms. The van der Waals surface area contributed by atoms with Crippen molar-refractivity contribution in [2.75, 3.05) is 0 Å². The van der Waals surface area contributed by atoms with Gasteiger partial charge in [-0.15, -0.1) is 0 Å². The third-order valence-corrected chi connectivity index (χ3v) is 4.04. The SMILES string of the molecule is O=C(Cc1ccc(Br)cc1Cl)Cc1c(F)cccc1Cl. The molecule has 20 heavy (non-hydrogen) atoms. The molecule has 0 N–H and O–H groups in total. The van der Waals surface area contributed by atoms with E-state index < -0.39 is 5.82 Å². The van der Waals surface area contributed by atoms with E-state index in [0.717, 1.165) is 4.47 Å². The highest BCUT2D eigenvalue weighted by Crippen LogP contribution is 2.24. The largest absolute Gasteiger partial charge is 0.299 e. The van der Waals surface area contributed by atoms with Gasteiger partial charge in [-0.3, -0.25) is 4.79 Å². The van der Waals surface area contributed by atoms with E-state index in [4.69, 9.17) is 23.2 Å². The number of halogens is 4. The van der Waals surface area contributed by atoms with Gasteiger partial charge in [0.05, 0.1) is 0 Å². The summed E-state index contributed by atoms with van der Waals surface area (Å²) in [6, 6.07) is 9.68. The van der Waals surface area contributed by atoms with Crippen molar-refractivity contribution in [3.05, 3.63) is 67.9 Å². The highest BCUT2D eigenvalue weighted by Gasteiger charge is 2.13. The Balaban J connectivity index is 2.13. The number of rotatable bonds is 4. The maximum Gasteiger partial charge on any atom is 0.141 e. The Morgan fingerprint density at radius 3 is 2.50 bits per heavy atom. The Bertz CT molecular complexity index is 638. The molecule has 2 rings (SSSR count). The van der Waals surface area contributed by atoms with Gasteiger partial charge in [0, 0.05) is 32.9 Å². The summed E-state index contributed by atoms with van der Waals surface area (Å²) >= 11 is 15.3. The average Bonchev–Trinajstić information content (AvgIpc) is 2.37. The lowest BCUT2D eigenvalue weighted by atomic mass is 10.0. The van der Waals surface area contributed by atoms with Gasteiger partial charge in [0.25, 0.3) is 0 Å². The average molecular weight is 376 g/mol. The van der Waals surface area contributed by atoms with Gasteiger partial charge in [-0.25, -0.2) is 4.39 Å². The second kappa shape index (κ2) is 6.70. The van der Waals surface area contributed by atoms with Crippen molar-refractivity contribution in [1.29, 1.82) is 0 Å². The summed E-state index contributed by atoms with van der Waals surface area (Å²) in [4.78, 5) is 12.0. The number of hydrogen-bond donors (Lipinski definition) is 0. The predicted molar refractivity (Wildman–Crippen MR) is 83.0 cm³/mol. The van der Waals surface area contributed by atoms with Crippen molar-refractivity contribution in [2.45, 2.75) is 12.8 Å². The lowest BCUT2D eigenvalue weighted by molar-refractivity contribution is -0.117. The van der Waals surface area contributed by atoms with Crippen LogP contribution in [0.3, 0.4) is 0 Å². The Kier molecular flexibility index (Phi) is 5.19. The smallest absolute Gasteiger partial charge is 0.141 e. The quantitative estimate of drug-likeness (QED) is 0.713. The number of hydrogen-bond acceptors (Lipinski definition) is 1. The highest BCUT2D eigenvalue weighted by atomic mass is 79.9. The van der Waals surface area contributed by atoms with Gasteiger partial charge in [0.15, 0.2) is 0 Å². The molecule has 0 aliphatic rings. The molecule has 2 aromatic rings. The third-order valence-electron chi connectivity index (χ3n) is 2.84. The van der Waals surface area contributed by atoms with Crippen LogP contribution in [0.4, 0.5) is 4.39 Å². The van der Waals surface area contributed by atoms with Crippen molar-refractivity contribution in [2.24, 2.45) is 0 Å². The van der Waals surface area contributed by atoms with E-state index in [1.54, 1.807) is 18.2 Å². The first-order chi connectivity index (χ1) is 9.47. The number of Topliss-reactive ketones (excluding diaryl/α,β-unsaturated/α-hetero) is 1. The minimum atomic E-state index is -0.465. The Morgan fingerprint density at radius 1 is 1.10 bits per heavy atom. The molecule has 0 aliphatic heterocycles. The molecular weight excluding hydrogens is 366 g/mol. The molecule has 0 fully saturated rings. The minimum Gasteiger partial charge on any atom is -0.299 e. The summed E-state index contributed by atoms with van der Waals surface area (Å²) < 4.78 is 14.5. The second-order valence-corrected chi connectivity index (χ2v) is 6.06. The molecule has 0 aromatic heterocycles. The zero-order valence-corrected chi connectivity index (χ0v) is 13.4. The fraction of sp³-hybridized carbons (Fsp3) is 0.133. The second-order valence-electron chi connectivity index (χ2n) is 4.33. The summed E-state index contributed by atoms with van der Waals surface area (Å²) in [7, 11) is 0.